The Bertz CT molecular complexity index is 614. The molecule has 1 aromatic rings. The van der Waals surface area contributed by atoms with Crippen LogP contribution >= 0.6 is 0 Å². The van der Waals surface area contributed by atoms with Gasteiger partial charge < -0.3 is 15.3 Å². The standard InChI is InChI=1S/C14H17N3O4/c1-8-7-16(14(20)21)12-5-4-11(15-9(2)18)6-13(12)17(8)10(3)19/h4-6,8H,7H2,1-3H3,(H,15,18)(H,20,21). The summed E-state index contributed by atoms with van der Waals surface area (Å²) in [5, 5.41) is 11.9. The Morgan fingerprint density at radius 2 is 1.90 bits per heavy atom. The molecule has 0 fully saturated rings. The van der Waals surface area contributed by atoms with Crippen LogP contribution in [0, 0.1) is 0 Å². The normalized spacial score (nSPS) is 17.2. The molecular formula is C14H17N3O4. The molecule has 0 aliphatic carbocycles. The van der Waals surface area contributed by atoms with Gasteiger partial charge in [-0.15, -0.1) is 0 Å². The zero-order valence-electron chi connectivity index (χ0n) is 12.1. The lowest BCUT2D eigenvalue weighted by Gasteiger charge is -2.39. The summed E-state index contributed by atoms with van der Waals surface area (Å²) in [6.45, 7) is 4.81. The molecule has 1 aliphatic rings. The van der Waals surface area contributed by atoms with Crippen molar-refractivity contribution in [3.05, 3.63) is 18.2 Å². The number of rotatable bonds is 1. The van der Waals surface area contributed by atoms with Gasteiger partial charge in [0.1, 0.15) is 0 Å². The summed E-state index contributed by atoms with van der Waals surface area (Å²) in [6, 6.07) is 4.55. The Morgan fingerprint density at radius 3 is 2.43 bits per heavy atom. The summed E-state index contributed by atoms with van der Waals surface area (Å²) >= 11 is 0. The van der Waals surface area contributed by atoms with Gasteiger partial charge in [0.15, 0.2) is 0 Å². The molecule has 3 amide bonds. The van der Waals surface area contributed by atoms with Gasteiger partial charge in [0.25, 0.3) is 0 Å². The van der Waals surface area contributed by atoms with Crippen LogP contribution in [0.3, 0.4) is 0 Å². The van der Waals surface area contributed by atoms with E-state index in [4.69, 9.17) is 0 Å². The van der Waals surface area contributed by atoms with Crippen molar-refractivity contribution >= 4 is 35.0 Å². The van der Waals surface area contributed by atoms with Gasteiger partial charge in [-0.05, 0) is 25.1 Å². The Balaban J connectivity index is 2.55. The molecule has 1 unspecified atom stereocenters. The Kier molecular flexibility index (Phi) is 3.84. The molecule has 0 aromatic heterocycles. The summed E-state index contributed by atoms with van der Waals surface area (Å²) in [5.41, 5.74) is 1.44. The summed E-state index contributed by atoms with van der Waals surface area (Å²) in [6.07, 6.45) is -1.07. The maximum Gasteiger partial charge on any atom is 0.411 e. The smallest absolute Gasteiger partial charge is 0.411 e. The molecule has 0 spiro atoms. The molecule has 0 radical (unpaired) electrons. The van der Waals surface area contributed by atoms with Crippen molar-refractivity contribution in [2.45, 2.75) is 26.8 Å². The number of amides is 3. The molecule has 1 aromatic carbocycles. The molecule has 2 N–H and O–H groups in total. The third-order valence-corrected chi connectivity index (χ3v) is 3.30. The highest BCUT2D eigenvalue weighted by Gasteiger charge is 2.33. The zero-order valence-corrected chi connectivity index (χ0v) is 12.1. The second-order valence-electron chi connectivity index (χ2n) is 5.02. The summed E-state index contributed by atoms with van der Waals surface area (Å²) in [5.74, 6) is -0.406. The molecule has 2 rings (SSSR count). The highest BCUT2D eigenvalue weighted by molar-refractivity contribution is 6.03. The molecule has 0 saturated carbocycles. The predicted molar refractivity (Wildman–Crippen MR) is 78.7 cm³/mol. The number of carboxylic acid groups (broad SMARTS) is 1. The van der Waals surface area contributed by atoms with E-state index in [2.05, 4.69) is 5.32 Å². The third-order valence-electron chi connectivity index (χ3n) is 3.30. The average molecular weight is 291 g/mol. The van der Waals surface area contributed by atoms with Crippen LogP contribution in [0.1, 0.15) is 20.8 Å². The molecular weight excluding hydrogens is 274 g/mol. The van der Waals surface area contributed by atoms with E-state index in [0.29, 0.717) is 17.1 Å². The van der Waals surface area contributed by atoms with Crippen molar-refractivity contribution < 1.29 is 19.5 Å². The van der Waals surface area contributed by atoms with E-state index in [9.17, 15) is 19.5 Å². The maximum absolute atomic E-state index is 11.9. The van der Waals surface area contributed by atoms with Crippen molar-refractivity contribution in [2.75, 3.05) is 21.7 Å². The first-order valence-corrected chi connectivity index (χ1v) is 6.53. The molecule has 1 atom stereocenters. The molecule has 1 aliphatic heterocycles. The molecule has 1 heterocycles. The number of carbonyl (C=O) groups excluding carboxylic acids is 2. The van der Waals surface area contributed by atoms with Gasteiger partial charge in [-0.3, -0.25) is 14.5 Å². The zero-order chi connectivity index (χ0) is 15.7. The van der Waals surface area contributed by atoms with Crippen molar-refractivity contribution in [1.82, 2.24) is 0 Å². The molecule has 0 saturated heterocycles. The minimum atomic E-state index is -1.07. The number of fused-ring (bicyclic) bond motifs is 1. The minimum Gasteiger partial charge on any atom is -0.465 e. The lowest BCUT2D eigenvalue weighted by Crippen LogP contribution is -2.51. The summed E-state index contributed by atoms with van der Waals surface area (Å²) in [4.78, 5) is 37.1. The van der Waals surface area contributed by atoms with Crippen LogP contribution in [0.4, 0.5) is 21.9 Å². The van der Waals surface area contributed by atoms with Crippen LogP contribution in [0.25, 0.3) is 0 Å². The van der Waals surface area contributed by atoms with E-state index >= 15 is 0 Å². The van der Waals surface area contributed by atoms with Gasteiger partial charge in [0.2, 0.25) is 11.8 Å². The fourth-order valence-corrected chi connectivity index (χ4v) is 2.57. The van der Waals surface area contributed by atoms with Gasteiger partial charge >= 0.3 is 6.09 Å². The van der Waals surface area contributed by atoms with Crippen molar-refractivity contribution in [3.63, 3.8) is 0 Å². The van der Waals surface area contributed by atoms with E-state index in [1.54, 1.807) is 30.0 Å². The number of nitrogens with one attached hydrogen (secondary N) is 1. The lowest BCUT2D eigenvalue weighted by molar-refractivity contribution is -0.117. The first-order valence-electron chi connectivity index (χ1n) is 6.53. The van der Waals surface area contributed by atoms with E-state index < -0.39 is 6.09 Å². The fraction of sp³-hybridized carbons (Fsp3) is 0.357. The first-order chi connectivity index (χ1) is 9.81. The van der Waals surface area contributed by atoms with Crippen molar-refractivity contribution in [3.8, 4) is 0 Å². The highest BCUT2D eigenvalue weighted by atomic mass is 16.4. The van der Waals surface area contributed by atoms with Crippen LogP contribution in [0.5, 0.6) is 0 Å². The van der Waals surface area contributed by atoms with E-state index in [1.807, 2.05) is 0 Å². The van der Waals surface area contributed by atoms with Gasteiger partial charge in [-0.1, -0.05) is 0 Å². The van der Waals surface area contributed by atoms with Crippen LogP contribution in [-0.4, -0.2) is 35.6 Å². The molecule has 7 heteroatoms. The fourth-order valence-electron chi connectivity index (χ4n) is 2.57. The molecule has 7 nitrogen and oxygen atoms in total. The minimum absolute atomic E-state index is 0.172. The van der Waals surface area contributed by atoms with Crippen LogP contribution in [-0.2, 0) is 9.59 Å². The third kappa shape index (κ3) is 2.81. The van der Waals surface area contributed by atoms with Crippen LogP contribution in [0.15, 0.2) is 18.2 Å². The monoisotopic (exact) mass is 291 g/mol. The molecule has 0 bridgehead atoms. The van der Waals surface area contributed by atoms with E-state index in [1.165, 1.54) is 18.7 Å². The number of hydrogen-bond acceptors (Lipinski definition) is 3. The number of hydrogen-bond donors (Lipinski definition) is 2. The quantitative estimate of drug-likeness (QED) is 0.826. The maximum atomic E-state index is 11.9. The van der Waals surface area contributed by atoms with Gasteiger partial charge in [0.05, 0.1) is 17.4 Å². The Hall–Kier alpha value is -2.57. The predicted octanol–water partition coefficient (Wildman–Crippen LogP) is 1.88. The van der Waals surface area contributed by atoms with Crippen LogP contribution < -0.4 is 15.1 Å². The number of benzene rings is 1. The number of anilines is 3. The average Bonchev–Trinajstić information content (AvgIpc) is 2.35. The Labute approximate surface area is 122 Å². The van der Waals surface area contributed by atoms with E-state index in [-0.39, 0.29) is 24.4 Å². The van der Waals surface area contributed by atoms with Gasteiger partial charge in [-0.25, -0.2) is 4.79 Å². The van der Waals surface area contributed by atoms with Gasteiger partial charge in [-0.2, -0.15) is 0 Å². The lowest BCUT2D eigenvalue weighted by atomic mass is 10.1. The van der Waals surface area contributed by atoms with Gasteiger partial charge in [0, 0.05) is 26.1 Å². The summed E-state index contributed by atoms with van der Waals surface area (Å²) in [7, 11) is 0. The largest absolute Gasteiger partial charge is 0.465 e. The van der Waals surface area contributed by atoms with Crippen molar-refractivity contribution in [1.29, 1.82) is 0 Å². The second kappa shape index (κ2) is 5.43. The molecule has 112 valence electrons. The highest BCUT2D eigenvalue weighted by Crippen LogP contribution is 2.37. The number of nitrogens with zero attached hydrogens (tertiary/aromatic N) is 2. The SMILES string of the molecule is CC(=O)Nc1ccc2c(c1)N(C(C)=O)C(C)CN2C(=O)O. The number of carbonyl (C=O) groups is 3. The first kappa shape index (κ1) is 14.8. The second-order valence-corrected chi connectivity index (χ2v) is 5.02. The van der Waals surface area contributed by atoms with E-state index in [0.717, 1.165) is 0 Å². The topological polar surface area (TPSA) is 90.0 Å². The Morgan fingerprint density at radius 1 is 1.24 bits per heavy atom. The summed E-state index contributed by atoms with van der Waals surface area (Å²) < 4.78 is 0. The van der Waals surface area contributed by atoms with Crippen LogP contribution in [0.2, 0.25) is 0 Å². The molecule has 21 heavy (non-hydrogen) atoms. The van der Waals surface area contributed by atoms with Crippen molar-refractivity contribution in [2.24, 2.45) is 0 Å².